The van der Waals surface area contributed by atoms with Gasteiger partial charge in [0, 0.05) is 17.1 Å². The second-order valence-corrected chi connectivity index (χ2v) is 4.34. The van der Waals surface area contributed by atoms with E-state index in [1.807, 2.05) is 18.8 Å². The summed E-state index contributed by atoms with van der Waals surface area (Å²) in [5.41, 5.74) is 1.91. The van der Waals surface area contributed by atoms with Gasteiger partial charge in [0.15, 0.2) is 0 Å². The molecule has 12 heavy (non-hydrogen) atoms. The minimum Gasteiger partial charge on any atom is -0.312 e. The number of hydrogen-bond acceptors (Lipinski definition) is 3. The number of nitrogens with one attached hydrogen (secondary N) is 1. The van der Waals surface area contributed by atoms with Gasteiger partial charge in [0.1, 0.15) is 0 Å². The van der Waals surface area contributed by atoms with Crippen LogP contribution in [0.15, 0.2) is 11.7 Å². The van der Waals surface area contributed by atoms with E-state index in [0.717, 1.165) is 5.92 Å². The van der Waals surface area contributed by atoms with Crippen molar-refractivity contribution in [2.75, 3.05) is 7.05 Å². The molecule has 1 heterocycles. The molecule has 0 amide bonds. The highest BCUT2D eigenvalue weighted by Gasteiger charge is 2.25. The summed E-state index contributed by atoms with van der Waals surface area (Å²) in [7, 11) is 2.03. The Labute approximate surface area is 77.0 Å². The first kappa shape index (κ1) is 8.20. The second kappa shape index (κ2) is 3.54. The van der Waals surface area contributed by atoms with Gasteiger partial charge in [-0.15, -0.1) is 11.3 Å². The van der Waals surface area contributed by atoms with E-state index < -0.39 is 0 Å². The highest BCUT2D eigenvalue weighted by molar-refractivity contribution is 7.09. The third-order valence-electron chi connectivity index (χ3n) is 2.41. The van der Waals surface area contributed by atoms with Crippen molar-refractivity contribution >= 4 is 11.3 Å². The zero-order chi connectivity index (χ0) is 8.39. The predicted molar refractivity (Wildman–Crippen MR) is 51.3 cm³/mol. The fourth-order valence-electron chi connectivity index (χ4n) is 1.46. The second-order valence-electron chi connectivity index (χ2n) is 3.42. The first-order chi connectivity index (χ1) is 5.90. The topological polar surface area (TPSA) is 24.9 Å². The zero-order valence-corrected chi connectivity index (χ0v) is 8.10. The number of aromatic nitrogens is 1. The van der Waals surface area contributed by atoms with Gasteiger partial charge in [-0.3, -0.25) is 4.98 Å². The molecule has 1 N–H and O–H groups in total. The van der Waals surface area contributed by atoms with E-state index in [0.29, 0.717) is 6.04 Å². The molecule has 0 aliphatic heterocycles. The Morgan fingerprint density at radius 3 is 3.08 bits per heavy atom. The van der Waals surface area contributed by atoms with Crippen molar-refractivity contribution in [1.29, 1.82) is 0 Å². The van der Waals surface area contributed by atoms with Crippen LogP contribution in [0.2, 0.25) is 0 Å². The molecule has 0 spiro atoms. The smallest absolute Gasteiger partial charge is 0.0794 e. The molecular formula is C9H14N2S. The maximum Gasteiger partial charge on any atom is 0.0794 e. The quantitative estimate of drug-likeness (QED) is 0.772. The monoisotopic (exact) mass is 182 g/mol. The molecule has 1 unspecified atom stereocenters. The largest absolute Gasteiger partial charge is 0.312 e. The molecule has 66 valence electrons. The van der Waals surface area contributed by atoms with Gasteiger partial charge in [-0.1, -0.05) is 12.8 Å². The predicted octanol–water partition coefficient (Wildman–Crippen LogP) is 2.20. The van der Waals surface area contributed by atoms with E-state index >= 15 is 0 Å². The molecule has 1 aliphatic rings. The molecule has 2 rings (SSSR count). The number of nitrogens with zero attached hydrogens (tertiary/aromatic N) is 1. The van der Waals surface area contributed by atoms with Crippen molar-refractivity contribution < 1.29 is 0 Å². The van der Waals surface area contributed by atoms with Crippen LogP contribution in [0.25, 0.3) is 0 Å². The average Bonchev–Trinajstić information content (AvgIpc) is 2.74. The minimum atomic E-state index is 0.546. The molecule has 1 atom stereocenters. The van der Waals surface area contributed by atoms with Crippen LogP contribution in [0, 0.1) is 5.92 Å². The first-order valence-corrected chi connectivity index (χ1v) is 5.33. The molecule has 0 aromatic carbocycles. The maximum atomic E-state index is 4.10. The van der Waals surface area contributed by atoms with Crippen LogP contribution in [-0.4, -0.2) is 12.0 Å². The molecule has 0 bridgehead atoms. The summed E-state index contributed by atoms with van der Waals surface area (Å²) in [6.07, 6.45) is 6.13. The summed E-state index contributed by atoms with van der Waals surface area (Å²) in [5, 5.41) is 3.35. The van der Waals surface area contributed by atoms with Gasteiger partial charge in [-0.25, -0.2) is 0 Å². The van der Waals surface area contributed by atoms with E-state index in [9.17, 15) is 0 Å². The molecule has 1 aliphatic carbocycles. The molecule has 1 aromatic heterocycles. The molecular weight excluding hydrogens is 168 g/mol. The normalized spacial score (nSPS) is 19.4. The summed E-state index contributed by atoms with van der Waals surface area (Å²) in [6.45, 7) is 0. The first-order valence-electron chi connectivity index (χ1n) is 4.46. The third kappa shape index (κ3) is 1.84. The molecule has 1 aromatic rings. The van der Waals surface area contributed by atoms with Gasteiger partial charge < -0.3 is 5.32 Å². The Kier molecular flexibility index (Phi) is 2.42. The SMILES string of the molecule is CNC(CC1CC1)c1cncs1. The summed E-state index contributed by atoms with van der Waals surface area (Å²) >= 11 is 1.75. The number of rotatable bonds is 4. The third-order valence-corrected chi connectivity index (χ3v) is 3.30. The van der Waals surface area contributed by atoms with Crippen molar-refractivity contribution in [2.24, 2.45) is 5.92 Å². The molecule has 0 radical (unpaired) electrons. The van der Waals surface area contributed by atoms with Gasteiger partial charge in [0.05, 0.1) is 5.51 Å². The fourth-order valence-corrected chi connectivity index (χ4v) is 2.20. The maximum absolute atomic E-state index is 4.10. The van der Waals surface area contributed by atoms with Crippen LogP contribution < -0.4 is 5.32 Å². The van der Waals surface area contributed by atoms with Crippen molar-refractivity contribution in [1.82, 2.24) is 10.3 Å². The average molecular weight is 182 g/mol. The highest BCUT2D eigenvalue weighted by atomic mass is 32.1. The van der Waals surface area contributed by atoms with Crippen LogP contribution in [-0.2, 0) is 0 Å². The van der Waals surface area contributed by atoms with Crippen molar-refractivity contribution in [3.05, 3.63) is 16.6 Å². The van der Waals surface area contributed by atoms with Crippen molar-refractivity contribution in [3.63, 3.8) is 0 Å². The van der Waals surface area contributed by atoms with E-state index in [1.54, 1.807) is 11.3 Å². The summed E-state index contributed by atoms with van der Waals surface area (Å²) < 4.78 is 0. The van der Waals surface area contributed by atoms with E-state index in [1.165, 1.54) is 24.1 Å². The molecule has 1 saturated carbocycles. The Morgan fingerprint density at radius 2 is 2.58 bits per heavy atom. The van der Waals surface area contributed by atoms with Gasteiger partial charge in [0.25, 0.3) is 0 Å². The van der Waals surface area contributed by atoms with Crippen LogP contribution in [0.4, 0.5) is 0 Å². The summed E-state index contributed by atoms with van der Waals surface area (Å²) in [6, 6.07) is 0.546. The Hall–Kier alpha value is -0.410. The van der Waals surface area contributed by atoms with Crippen LogP contribution in [0.5, 0.6) is 0 Å². The van der Waals surface area contributed by atoms with Gasteiger partial charge in [-0.2, -0.15) is 0 Å². The van der Waals surface area contributed by atoms with Gasteiger partial charge in [0.2, 0.25) is 0 Å². The van der Waals surface area contributed by atoms with Crippen molar-refractivity contribution in [3.8, 4) is 0 Å². The van der Waals surface area contributed by atoms with Gasteiger partial charge in [-0.05, 0) is 19.4 Å². The lowest BCUT2D eigenvalue weighted by Crippen LogP contribution is -2.15. The zero-order valence-electron chi connectivity index (χ0n) is 7.29. The summed E-state index contributed by atoms with van der Waals surface area (Å²) in [4.78, 5) is 5.48. The lowest BCUT2D eigenvalue weighted by Gasteiger charge is -2.12. The standard InChI is InChI=1S/C9H14N2S/c1-10-8(4-7-2-3-7)9-5-11-6-12-9/h5-8,10H,2-4H2,1H3. The summed E-state index contributed by atoms with van der Waals surface area (Å²) in [5.74, 6) is 0.976. The Bertz CT molecular complexity index is 229. The molecule has 0 saturated heterocycles. The Balaban J connectivity index is 1.97. The number of hydrogen-bond donors (Lipinski definition) is 1. The molecule has 3 heteroatoms. The molecule has 2 nitrogen and oxygen atoms in total. The molecule has 1 fully saturated rings. The van der Waals surface area contributed by atoms with E-state index in [4.69, 9.17) is 0 Å². The lowest BCUT2D eigenvalue weighted by molar-refractivity contribution is 0.521. The highest BCUT2D eigenvalue weighted by Crippen LogP contribution is 2.38. The van der Waals surface area contributed by atoms with Crippen molar-refractivity contribution in [2.45, 2.75) is 25.3 Å². The van der Waals surface area contributed by atoms with Crippen LogP contribution in [0.3, 0.4) is 0 Å². The van der Waals surface area contributed by atoms with E-state index in [-0.39, 0.29) is 0 Å². The Morgan fingerprint density at radius 1 is 1.75 bits per heavy atom. The van der Waals surface area contributed by atoms with Crippen LogP contribution in [0.1, 0.15) is 30.2 Å². The lowest BCUT2D eigenvalue weighted by atomic mass is 10.1. The van der Waals surface area contributed by atoms with Crippen LogP contribution >= 0.6 is 11.3 Å². The number of thiazole rings is 1. The van der Waals surface area contributed by atoms with Gasteiger partial charge >= 0.3 is 0 Å². The fraction of sp³-hybridized carbons (Fsp3) is 0.667. The van der Waals surface area contributed by atoms with E-state index in [2.05, 4.69) is 10.3 Å². The minimum absolute atomic E-state index is 0.546.